The molecule has 2 rings (SSSR count). The lowest BCUT2D eigenvalue weighted by molar-refractivity contribution is -0.735. The second-order valence-corrected chi connectivity index (χ2v) is 5.52. The number of fused-ring (bicyclic) bond motifs is 1. The predicted molar refractivity (Wildman–Crippen MR) is 74.1 cm³/mol. The zero-order chi connectivity index (χ0) is 14.0. The van der Waals surface area contributed by atoms with E-state index < -0.39 is 0 Å². The Hall–Kier alpha value is -1.81. The molecule has 0 spiro atoms. The van der Waals surface area contributed by atoms with Crippen LogP contribution >= 0.6 is 0 Å². The predicted octanol–water partition coefficient (Wildman–Crippen LogP) is 1.75. The van der Waals surface area contributed by atoms with E-state index in [9.17, 15) is 9.90 Å². The van der Waals surface area contributed by atoms with Gasteiger partial charge in [-0.05, 0) is 32.4 Å². The lowest BCUT2D eigenvalue weighted by Crippen LogP contribution is -2.93. The molecule has 1 aromatic heterocycles. The number of rotatable bonds is 4. The number of phenols is 1. The standard InChI is InChI=1S/C15H19NO3/c1-4-15(2,3)16-9-10-7-14(18)19-13-8-11(17)5-6-12(10)13/h5-8,16-17H,4,9H2,1-3H3/p+1. The molecule has 0 aliphatic rings. The van der Waals surface area contributed by atoms with E-state index in [0.717, 1.165) is 17.4 Å². The van der Waals surface area contributed by atoms with Gasteiger partial charge < -0.3 is 14.8 Å². The van der Waals surface area contributed by atoms with Gasteiger partial charge in [0.05, 0.1) is 5.54 Å². The van der Waals surface area contributed by atoms with Crippen molar-refractivity contribution in [3.8, 4) is 5.75 Å². The van der Waals surface area contributed by atoms with Crippen LogP contribution in [0.5, 0.6) is 5.75 Å². The van der Waals surface area contributed by atoms with Crippen molar-refractivity contribution >= 4 is 11.0 Å². The first-order valence-corrected chi connectivity index (χ1v) is 6.51. The minimum Gasteiger partial charge on any atom is -0.508 e. The quantitative estimate of drug-likeness (QED) is 0.825. The molecule has 0 fully saturated rings. The van der Waals surface area contributed by atoms with E-state index in [0.29, 0.717) is 12.1 Å². The zero-order valence-electron chi connectivity index (χ0n) is 11.6. The molecule has 0 aliphatic carbocycles. The largest absolute Gasteiger partial charge is 0.508 e. The maximum atomic E-state index is 11.5. The molecule has 0 unspecified atom stereocenters. The third kappa shape index (κ3) is 3.15. The number of quaternary nitrogens is 1. The summed E-state index contributed by atoms with van der Waals surface area (Å²) >= 11 is 0. The van der Waals surface area contributed by atoms with Crippen LogP contribution in [0.1, 0.15) is 32.8 Å². The molecule has 2 aromatic rings. The molecule has 1 heterocycles. The van der Waals surface area contributed by atoms with Crippen molar-refractivity contribution in [2.24, 2.45) is 0 Å². The van der Waals surface area contributed by atoms with E-state index in [1.807, 2.05) is 0 Å². The normalized spacial score (nSPS) is 11.9. The number of hydrogen-bond acceptors (Lipinski definition) is 3. The van der Waals surface area contributed by atoms with Crippen LogP contribution in [-0.4, -0.2) is 10.6 Å². The molecule has 102 valence electrons. The number of benzene rings is 1. The molecule has 4 heteroatoms. The van der Waals surface area contributed by atoms with Crippen molar-refractivity contribution in [2.75, 3.05) is 0 Å². The highest BCUT2D eigenvalue weighted by molar-refractivity contribution is 5.81. The topological polar surface area (TPSA) is 67.0 Å². The molecule has 3 N–H and O–H groups in total. The van der Waals surface area contributed by atoms with Crippen LogP contribution in [-0.2, 0) is 6.54 Å². The molecule has 0 saturated heterocycles. The van der Waals surface area contributed by atoms with Gasteiger partial charge >= 0.3 is 5.63 Å². The minimum atomic E-state index is -0.379. The molecule has 19 heavy (non-hydrogen) atoms. The number of nitrogens with two attached hydrogens (primary N) is 1. The van der Waals surface area contributed by atoms with Crippen molar-refractivity contribution < 1.29 is 14.8 Å². The summed E-state index contributed by atoms with van der Waals surface area (Å²) in [5.41, 5.74) is 1.13. The lowest BCUT2D eigenvalue weighted by Gasteiger charge is -2.21. The molecule has 1 aromatic carbocycles. The maximum absolute atomic E-state index is 11.5. The highest BCUT2D eigenvalue weighted by Crippen LogP contribution is 2.21. The smallest absolute Gasteiger partial charge is 0.336 e. The van der Waals surface area contributed by atoms with E-state index in [1.165, 1.54) is 12.1 Å². The van der Waals surface area contributed by atoms with Gasteiger partial charge in [0.2, 0.25) is 0 Å². The molecule has 0 saturated carbocycles. The Morgan fingerprint density at radius 3 is 2.74 bits per heavy atom. The van der Waals surface area contributed by atoms with Crippen molar-refractivity contribution in [1.29, 1.82) is 0 Å². The van der Waals surface area contributed by atoms with E-state index in [2.05, 4.69) is 26.1 Å². The number of phenolic OH excluding ortho intramolecular Hbond substituents is 1. The molecule has 0 aliphatic heterocycles. The van der Waals surface area contributed by atoms with Crippen molar-refractivity contribution in [2.45, 2.75) is 39.3 Å². The molecular formula is C15H20NO3+. The first-order chi connectivity index (χ1) is 8.91. The molecular weight excluding hydrogens is 242 g/mol. The Bertz CT molecular complexity index is 643. The van der Waals surface area contributed by atoms with Gasteiger partial charge in [-0.1, -0.05) is 6.92 Å². The summed E-state index contributed by atoms with van der Waals surface area (Å²) < 4.78 is 5.11. The second-order valence-electron chi connectivity index (χ2n) is 5.52. The molecule has 0 radical (unpaired) electrons. The van der Waals surface area contributed by atoms with E-state index in [-0.39, 0.29) is 16.9 Å². The average Bonchev–Trinajstić information content (AvgIpc) is 2.35. The van der Waals surface area contributed by atoms with Gasteiger partial charge in [-0.2, -0.15) is 0 Å². The molecule has 0 atom stereocenters. The van der Waals surface area contributed by atoms with Crippen LogP contribution in [0, 0.1) is 0 Å². The molecule has 4 nitrogen and oxygen atoms in total. The van der Waals surface area contributed by atoms with Gasteiger partial charge in [0.25, 0.3) is 0 Å². The fourth-order valence-electron chi connectivity index (χ4n) is 1.92. The second kappa shape index (κ2) is 5.05. The van der Waals surface area contributed by atoms with Crippen molar-refractivity contribution in [3.63, 3.8) is 0 Å². The Kier molecular flexibility index (Phi) is 3.62. The average molecular weight is 262 g/mol. The highest BCUT2D eigenvalue weighted by atomic mass is 16.4. The van der Waals surface area contributed by atoms with Gasteiger partial charge in [-0.25, -0.2) is 4.79 Å². The van der Waals surface area contributed by atoms with Crippen LogP contribution in [0.15, 0.2) is 33.5 Å². The molecule has 0 bridgehead atoms. The van der Waals surface area contributed by atoms with Gasteiger partial charge in [0.1, 0.15) is 17.9 Å². The van der Waals surface area contributed by atoms with Crippen LogP contribution in [0.25, 0.3) is 11.0 Å². The fourth-order valence-corrected chi connectivity index (χ4v) is 1.92. The number of hydrogen-bond donors (Lipinski definition) is 2. The Morgan fingerprint density at radius 2 is 2.05 bits per heavy atom. The summed E-state index contributed by atoms with van der Waals surface area (Å²) in [6.45, 7) is 7.21. The summed E-state index contributed by atoms with van der Waals surface area (Å²) in [7, 11) is 0. The lowest BCUT2D eigenvalue weighted by atomic mass is 10.0. The first kappa shape index (κ1) is 13.6. The van der Waals surface area contributed by atoms with Crippen LogP contribution in [0.2, 0.25) is 0 Å². The SMILES string of the molecule is CCC(C)(C)[NH2+]Cc1cc(=O)oc2cc(O)ccc12. The summed E-state index contributed by atoms with van der Waals surface area (Å²) in [5.74, 6) is 0.102. The van der Waals surface area contributed by atoms with E-state index in [1.54, 1.807) is 12.1 Å². The van der Waals surface area contributed by atoms with Crippen molar-refractivity contribution in [1.82, 2.24) is 0 Å². The zero-order valence-corrected chi connectivity index (χ0v) is 11.6. The Labute approximate surface area is 112 Å². The summed E-state index contributed by atoms with van der Waals surface area (Å²) in [5, 5.41) is 12.5. The Morgan fingerprint density at radius 1 is 1.32 bits per heavy atom. The van der Waals surface area contributed by atoms with Gasteiger partial charge in [0, 0.05) is 23.1 Å². The van der Waals surface area contributed by atoms with Gasteiger partial charge in [0.15, 0.2) is 0 Å². The molecule has 0 amide bonds. The summed E-state index contributed by atoms with van der Waals surface area (Å²) in [6.07, 6.45) is 1.05. The third-order valence-corrected chi connectivity index (χ3v) is 3.60. The number of aromatic hydroxyl groups is 1. The van der Waals surface area contributed by atoms with E-state index >= 15 is 0 Å². The summed E-state index contributed by atoms with van der Waals surface area (Å²) in [4.78, 5) is 11.5. The van der Waals surface area contributed by atoms with Gasteiger partial charge in [-0.15, -0.1) is 0 Å². The van der Waals surface area contributed by atoms with Crippen molar-refractivity contribution in [3.05, 3.63) is 40.2 Å². The van der Waals surface area contributed by atoms with Gasteiger partial charge in [-0.3, -0.25) is 0 Å². The van der Waals surface area contributed by atoms with Crippen LogP contribution in [0.4, 0.5) is 0 Å². The summed E-state index contributed by atoms with van der Waals surface area (Å²) in [6, 6.07) is 6.40. The van der Waals surface area contributed by atoms with E-state index in [4.69, 9.17) is 4.42 Å². The monoisotopic (exact) mass is 262 g/mol. The van der Waals surface area contributed by atoms with Crippen LogP contribution in [0.3, 0.4) is 0 Å². The first-order valence-electron chi connectivity index (χ1n) is 6.51. The minimum absolute atomic E-state index is 0.102. The maximum Gasteiger partial charge on any atom is 0.336 e. The third-order valence-electron chi connectivity index (χ3n) is 3.60. The highest BCUT2D eigenvalue weighted by Gasteiger charge is 2.19. The Balaban J connectivity index is 2.40. The van der Waals surface area contributed by atoms with Crippen LogP contribution < -0.4 is 10.9 Å². The fraction of sp³-hybridized carbons (Fsp3) is 0.400.